The fourth-order valence-corrected chi connectivity index (χ4v) is 4.57. The van der Waals surface area contributed by atoms with Gasteiger partial charge < -0.3 is 14.7 Å². The second kappa shape index (κ2) is 8.01. The van der Waals surface area contributed by atoms with Gasteiger partial charge in [-0.3, -0.25) is 0 Å². The highest BCUT2D eigenvalue weighted by atomic mass is 79.9. The topological polar surface area (TPSA) is 49.8 Å². The van der Waals surface area contributed by atoms with Crippen molar-refractivity contribution >= 4 is 22.0 Å². The molecule has 0 bridgehead atoms. The van der Waals surface area contributed by atoms with Gasteiger partial charge in [0, 0.05) is 23.0 Å². The van der Waals surface area contributed by atoms with E-state index in [-0.39, 0.29) is 6.09 Å². The molecule has 5 heteroatoms. The molecule has 2 aromatic rings. The zero-order chi connectivity index (χ0) is 22.3. The fourth-order valence-electron chi connectivity index (χ4n) is 4.17. The first-order chi connectivity index (χ1) is 13.9. The van der Waals surface area contributed by atoms with E-state index in [9.17, 15) is 9.90 Å². The molecule has 0 spiro atoms. The van der Waals surface area contributed by atoms with Gasteiger partial charge in [0.25, 0.3) is 0 Å². The van der Waals surface area contributed by atoms with Gasteiger partial charge in [-0.1, -0.05) is 73.1 Å². The van der Waals surface area contributed by atoms with Crippen molar-refractivity contribution in [3.05, 3.63) is 69.7 Å². The molecule has 1 amide bonds. The summed E-state index contributed by atoms with van der Waals surface area (Å²) in [5.41, 5.74) is 0.520. The largest absolute Gasteiger partial charge is 0.444 e. The average molecular weight is 474 g/mol. The van der Waals surface area contributed by atoms with Crippen molar-refractivity contribution in [2.24, 2.45) is 5.41 Å². The molecule has 162 valence electrons. The predicted octanol–water partition coefficient (Wildman–Crippen LogP) is 6.07. The zero-order valence-electron chi connectivity index (χ0n) is 18.7. The molecule has 1 saturated heterocycles. The number of benzene rings is 2. The number of hydrogen-bond donors (Lipinski definition) is 1. The highest BCUT2D eigenvalue weighted by Gasteiger charge is 2.57. The molecule has 1 fully saturated rings. The van der Waals surface area contributed by atoms with Gasteiger partial charge in [0.1, 0.15) is 11.2 Å². The lowest BCUT2D eigenvalue weighted by molar-refractivity contribution is -0.131. The predicted molar refractivity (Wildman–Crippen MR) is 124 cm³/mol. The van der Waals surface area contributed by atoms with Crippen LogP contribution in [0.2, 0.25) is 0 Å². The minimum absolute atomic E-state index is 0.341. The van der Waals surface area contributed by atoms with E-state index in [0.29, 0.717) is 19.0 Å². The first-order valence-electron chi connectivity index (χ1n) is 10.4. The van der Waals surface area contributed by atoms with Gasteiger partial charge in [0.15, 0.2) is 0 Å². The first kappa shape index (κ1) is 22.8. The van der Waals surface area contributed by atoms with Gasteiger partial charge in [0.05, 0.1) is 0 Å². The molecule has 1 unspecified atom stereocenters. The fraction of sp³-hybridized carbons (Fsp3) is 0.480. The Kier molecular flexibility index (Phi) is 6.09. The maximum atomic E-state index is 12.5. The molecule has 4 nitrogen and oxygen atoms in total. The molecule has 3 rings (SSSR count). The number of aliphatic hydroxyl groups is 1. The molecular formula is C25H32BrNO3. The van der Waals surface area contributed by atoms with Crippen LogP contribution in [0.5, 0.6) is 0 Å². The highest BCUT2D eigenvalue weighted by molar-refractivity contribution is 9.10. The minimum Gasteiger partial charge on any atom is -0.444 e. The van der Waals surface area contributed by atoms with Crippen molar-refractivity contribution in [3.63, 3.8) is 0 Å². The van der Waals surface area contributed by atoms with Crippen LogP contribution in [-0.2, 0) is 10.3 Å². The van der Waals surface area contributed by atoms with E-state index in [0.717, 1.165) is 15.6 Å². The smallest absolute Gasteiger partial charge is 0.410 e. The summed E-state index contributed by atoms with van der Waals surface area (Å²) in [6.45, 7) is 12.7. The number of nitrogens with zero attached hydrogens (tertiary/aromatic N) is 1. The lowest BCUT2D eigenvalue weighted by Crippen LogP contribution is -2.66. The van der Waals surface area contributed by atoms with Crippen LogP contribution in [0.4, 0.5) is 4.79 Å². The SMILES string of the molecule is CC(C)c1ccc(C(O)(c2cccc(Br)c2)C2(C)CN(C(=O)OC(C)(C)C)C2)cc1. The summed E-state index contributed by atoms with van der Waals surface area (Å²) in [7, 11) is 0. The van der Waals surface area contributed by atoms with Crippen LogP contribution >= 0.6 is 15.9 Å². The van der Waals surface area contributed by atoms with Gasteiger partial charge in [-0.15, -0.1) is 0 Å². The van der Waals surface area contributed by atoms with Crippen molar-refractivity contribution < 1.29 is 14.6 Å². The second-order valence-corrected chi connectivity index (χ2v) is 10.8. The Morgan fingerprint density at radius 1 is 1.10 bits per heavy atom. The van der Waals surface area contributed by atoms with Crippen LogP contribution in [0, 0.1) is 5.41 Å². The molecule has 1 heterocycles. The molecular weight excluding hydrogens is 442 g/mol. The molecule has 0 radical (unpaired) electrons. The molecule has 0 aliphatic carbocycles. The number of halogens is 1. The Bertz CT molecular complexity index is 911. The van der Waals surface area contributed by atoms with E-state index in [1.807, 2.05) is 64.1 Å². The van der Waals surface area contributed by atoms with Gasteiger partial charge in [0.2, 0.25) is 0 Å². The average Bonchev–Trinajstić information content (AvgIpc) is 2.63. The third-order valence-corrected chi connectivity index (χ3v) is 6.34. The summed E-state index contributed by atoms with van der Waals surface area (Å²) in [5, 5.41) is 12.2. The van der Waals surface area contributed by atoms with Crippen molar-refractivity contribution in [3.8, 4) is 0 Å². The maximum Gasteiger partial charge on any atom is 0.410 e. The third-order valence-electron chi connectivity index (χ3n) is 5.84. The zero-order valence-corrected chi connectivity index (χ0v) is 20.3. The lowest BCUT2D eigenvalue weighted by Gasteiger charge is -2.56. The summed E-state index contributed by atoms with van der Waals surface area (Å²) in [6, 6.07) is 16.0. The number of rotatable bonds is 4. The minimum atomic E-state index is -1.25. The van der Waals surface area contributed by atoms with E-state index in [2.05, 4.69) is 41.9 Å². The van der Waals surface area contributed by atoms with E-state index >= 15 is 0 Å². The van der Waals surface area contributed by atoms with E-state index in [4.69, 9.17) is 4.74 Å². The monoisotopic (exact) mass is 473 g/mol. The van der Waals surface area contributed by atoms with Gasteiger partial charge >= 0.3 is 6.09 Å². The molecule has 1 N–H and O–H groups in total. The van der Waals surface area contributed by atoms with Gasteiger partial charge in [-0.2, -0.15) is 0 Å². The van der Waals surface area contributed by atoms with Crippen LogP contribution in [0.1, 0.15) is 64.2 Å². The van der Waals surface area contributed by atoms with E-state index in [1.165, 1.54) is 5.56 Å². The van der Waals surface area contributed by atoms with E-state index in [1.54, 1.807) is 4.90 Å². The molecule has 0 saturated carbocycles. The van der Waals surface area contributed by atoms with Gasteiger partial charge in [-0.25, -0.2) is 4.79 Å². The molecule has 1 aliphatic heterocycles. The van der Waals surface area contributed by atoms with Crippen molar-refractivity contribution in [1.82, 2.24) is 4.90 Å². The van der Waals surface area contributed by atoms with Crippen molar-refractivity contribution in [2.75, 3.05) is 13.1 Å². The Balaban J connectivity index is 1.98. The van der Waals surface area contributed by atoms with Crippen LogP contribution < -0.4 is 0 Å². The second-order valence-electron chi connectivity index (χ2n) is 9.89. The lowest BCUT2D eigenvalue weighted by atomic mass is 9.62. The van der Waals surface area contributed by atoms with Crippen LogP contribution in [-0.4, -0.2) is 34.8 Å². The summed E-state index contributed by atoms with van der Waals surface area (Å²) >= 11 is 3.54. The standard InChI is InChI=1S/C25H32BrNO3/c1-17(2)18-10-12-19(13-11-18)25(29,20-8-7-9-21(26)14-20)24(6)15-27(16-24)22(28)30-23(3,4)5/h7-14,17,29H,15-16H2,1-6H3. The summed E-state index contributed by atoms with van der Waals surface area (Å²) in [6.07, 6.45) is -0.341. The van der Waals surface area contributed by atoms with Crippen LogP contribution in [0.25, 0.3) is 0 Å². The Morgan fingerprint density at radius 2 is 1.70 bits per heavy atom. The summed E-state index contributed by atoms with van der Waals surface area (Å²) < 4.78 is 6.42. The van der Waals surface area contributed by atoms with Gasteiger partial charge in [-0.05, 0) is 55.5 Å². The molecule has 0 aromatic heterocycles. The summed E-state index contributed by atoms with van der Waals surface area (Å²) in [4.78, 5) is 14.2. The highest BCUT2D eigenvalue weighted by Crippen LogP contribution is 2.51. The Labute approximate surface area is 188 Å². The molecule has 2 aromatic carbocycles. The van der Waals surface area contributed by atoms with Crippen LogP contribution in [0.15, 0.2) is 53.0 Å². The number of hydrogen-bond acceptors (Lipinski definition) is 3. The quantitative estimate of drug-likeness (QED) is 0.586. The third kappa shape index (κ3) is 4.28. The molecule has 1 aliphatic rings. The summed E-state index contributed by atoms with van der Waals surface area (Å²) in [5.74, 6) is 0.417. The molecule has 1 atom stereocenters. The number of likely N-dealkylation sites (tertiary alicyclic amines) is 1. The van der Waals surface area contributed by atoms with Crippen molar-refractivity contribution in [2.45, 2.75) is 58.7 Å². The number of amides is 1. The van der Waals surface area contributed by atoms with E-state index < -0.39 is 16.6 Å². The molecule has 30 heavy (non-hydrogen) atoms. The maximum absolute atomic E-state index is 12.5. The number of ether oxygens (including phenoxy) is 1. The normalized spacial score (nSPS) is 18.0. The van der Waals surface area contributed by atoms with Crippen LogP contribution in [0.3, 0.4) is 0 Å². The first-order valence-corrected chi connectivity index (χ1v) is 11.2. The Hall–Kier alpha value is -1.85. The number of carbonyl (C=O) groups excluding carboxylic acids is 1. The number of carbonyl (C=O) groups is 1. The Morgan fingerprint density at radius 3 is 2.20 bits per heavy atom. The van der Waals surface area contributed by atoms with Crippen molar-refractivity contribution in [1.29, 1.82) is 0 Å².